The van der Waals surface area contributed by atoms with E-state index in [0.29, 0.717) is 0 Å². The van der Waals surface area contributed by atoms with Crippen LogP contribution in [0, 0.1) is 0 Å². The van der Waals surface area contributed by atoms with Crippen molar-refractivity contribution in [3.05, 3.63) is 29.8 Å². The summed E-state index contributed by atoms with van der Waals surface area (Å²) in [6.45, 7) is 3.49. The third-order valence-corrected chi connectivity index (χ3v) is 5.63. The molecule has 0 amide bonds. The molecule has 0 bridgehead atoms. The molecule has 3 rings (SSSR count). The molecule has 2 nitrogen and oxygen atoms in total. The van der Waals surface area contributed by atoms with Gasteiger partial charge in [-0.1, -0.05) is 12.1 Å². The van der Waals surface area contributed by atoms with Gasteiger partial charge in [-0.3, -0.25) is 0 Å². The molecule has 3 heteroatoms. The van der Waals surface area contributed by atoms with E-state index in [9.17, 15) is 0 Å². The second-order valence-electron chi connectivity index (χ2n) is 6.01. The number of nitrogens with one attached hydrogen (secondary N) is 1. The number of hydrogen-bond donors (Lipinski definition) is 1. The maximum absolute atomic E-state index is 3.70. The van der Waals surface area contributed by atoms with Crippen molar-refractivity contribution in [1.29, 1.82) is 0 Å². The summed E-state index contributed by atoms with van der Waals surface area (Å²) in [4.78, 5) is 2.53. The lowest BCUT2D eigenvalue weighted by Crippen LogP contribution is -2.33. The Morgan fingerprint density at radius 1 is 1.05 bits per heavy atom. The van der Waals surface area contributed by atoms with E-state index in [1.165, 1.54) is 68.0 Å². The molecule has 1 atom stereocenters. The van der Waals surface area contributed by atoms with Crippen molar-refractivity contribution >= 4 is 17.4 Å². The van der Waals surface area contributed by atoms with Crippen LogP contribution in [-0.4, -0.2) is 30.6 Å². The Bertz CT molecular complexity index is 392. The van der Waals surface area contributed by atoms with Gasteiger partial charge in [-0.25, -0.2) is 0 Å². The molecule has 2 heterocycles. The highest BCUT2D eigenvalue weighted by Gasteiger charge is 2.13. The first-order valence-corrected chi connectivity index (χ1v) is 9.22. The van der Waals surface area contributed by atoms with Crippen molar-refractivity contribution in [2.75, 3.05) is 29.5 Å². The lowest BCUT2D eigenvalue weighted by atomic mass is 10.1. The van der Waals surface area contributed by atoms with E-state index < -0.39 is 0 Å². The Balaban J connectivity index is 1.50. The molecule has 2 aliphatic rings. The van der Waals surface area contributed by atoms with Gasteiger partial charge in [0.15, 0.2) is 0 Å². The van der Waals surface area contributed by atoms with Gasteiger partial charge in [-0.05, 0) is 55.6 Å². The van der Waals surface area contributed by atoms with Gasteiger partial charge in [0.05, 0.1) is 0 Å². The second kappa shape index (κ2) is 7.37. The fraction of sp³-hybridized carbons (Fsp3) is 0.647. The average Bonchev–Trinajstić information content (AvgIpc) is 2.55. The number of hydrogen-bond acceptors (Lipinski definition) is 3. The van der Waals surface area contributed by atoms with Crippen LogP contribution in [-0.2, 0) is 6.54 Å². The topological polar surface area (TPSA) is 15.3 Å². The summed E-state index contributed by atoms with van der Waals surface area (Å²) in [5.41, 5.74) is 2.82. The number of piperidine rings is 1. The zero-order valence-corrected chi connectivity index (χ0v) is 13.1. The highest BCUT2D eigenvalue weighted by molar-refractivity contribution is 7.99. The van der Waals surface area contributed by atoms with Gasteiger partial charge in [-0.15, -0.1) is 0 Å². The third-order valence-electron chi connectivity index (χ3n) is 4.41. The molecule has 0 saturated carbocycles. The minimum absolute atomic E-state index is 0.718. The smallest absolute Gasteiger partial charge is 0.0366 e. The Hall–Kier alpha value is -0.670. The normalized spacial score (nSPS) is 23.8. The van der Waals surface area contributed by atoms with Crippen molar-refractivity contribution in [3.8, 4) is 0 Å². The van der Waals surface area contributed by atoms with E-state index >= 15 is 0 Å². The number of benzene rings is 1. The van der Waals surface area contributed by atoms with Gasteiger partial charge in [0.25, 0.3) is 0 Å². The van der Waals surface area contributed by atoms with Crippen molar-refractivity contribution in [3.63, 3.8) is 0 Å². The minimum Gasteiger partial charge on any atom is -0.372 e. The van der Waals surface area contributed by atoms with Gasteiger partial charge < -0.3 is 10.2 Å². The lowest BCUT2D eigenvalue weighted by Gasteiger charge is -2.29. The first-order chi connectivity index (χ1) is 9.92. The van der Waals surface area contributed by atoms with Crippen LogP contribution in [0.2, 0.25) is 0 Å². The zero-order chi connectivity index (χ0) is 13.6. The maximum atomic E-state index is 3.70. The molecule has 2 saturated heterocycles. The average molecular weight is 290 g/mol. The number of rotatable bonds is 4. The highest BCUT2D eigenvalue weighted by atomic mass is 32.2. The van der Waals surface area contributed by atoms with Gasteiger partial charge in [0.2, 0.25) is 0 Å². The Morgan fingerprint density at radius 2 is 1.85 bits per heavy atom. The fourth-order valence-electron chi connectivity index (χ4n) is 3.14. The van der Waals surface area contributed by atoms with Crippen LogP contribution in [0.3, 0.4) is 0 Å². The predicted molar refractivity (Wildman–Crippen MR) is 89.7 cm³/mol. The Morgan fingerprint density at radius 3 is 2.55 bits per heavy atom. The fourth-order valence-corrected chi connectivity index (χ4v) is 4.25. The summed E-state index contributed by atoms with van der Waals surface area (Å²) in [7, 11) is 0. The van der Waals surface area contributed by atoms with Crippen LogP contribution < -0.4 is 10.2 Å². The molecule has 1 aromatic carbocycles. The van der Waals surface area contributed by atoms with E-state index in [0.717, 1.165) is 12.6 Å². The minimum atomic E-state index is 0.718. The molecule has 1 aromatic rings. The molecule has 2 fully saturated rings. The second-order valence-corrected chi connectivity index (χ2v) is 7.16. The standard InChI is InChI=1S/C17H26N2S/c1-2-10-19(11-3-1)17-8-6-15(7-9-17)13-18-16-5-4-12-20-14-16/h6-9,16,18H,1-5,10-14H2. The van der Waals surface area contributed by atoms with Crippen LogP contribution in [0.15, 0.2) is 24.3 Å². The number of nitrogens with zero attached hydrogens (tertiary/aromatic N) is 1. The molecular weight excluding hydrogens is 264 g/mol. The van der Waals surface area contributed by atoms with Crippen LogP contribution in [0.1, 0.15) is 37.7 Å². The van der Waals surface area contributed by atoms with Crippen LogP contribution in [0.5, 0.6) is 0 Å². The van der Waals surface area contributed by atoms with Crippen LogP contribution >= 0.6 is 11.8 Å². The summed E-state index contributed by atoms with van der Waals surface area (Å²) >= 11 is 2.09. The SMILES string of the molecule is c1cc(N2CCCCC2)ccc1CNC1CCCSC1. The molecule has 1 N–H and O–H groups in total. The Kier molecular flexibility index (Phi) is 5.26. The van der Waals surface area contributed by atoms with E-state index in [2.05, 4.69) is 46.2 Å². The van der Waals surface area contributed by atoms with E-state index in [1.807, 2.05) is 0 Å². The van der Waals surface area contributed by atoms with E-state index in [4.69, 9.17) is 0 Å². The van der Waals surface area contributed by atoms with Gasteiger partial charge in [0, 0.05) is 37.1 Å². The maximum Gasteiger partial charge on any atom is 0.0366 e. The summed E-state index contributed by atoms with van der Waals surface area (Å²) < 4.78 is 0. The summed E-state index contributed by atoms with van der Waals surface area (Å²) in [6.07, 6.45) is 6.82. The monoisotopic (exact) mass is 290 g/mol. The molecule has 20 heavy (non-hydrogen) atoms. The largest absolute Gasteiger partial charge is 0.372 e. The zero-order valence-electron chi connectivity index (χ0n) is 12.3. The molecule has 1 unspecified atom stereocenters. The summed E-state index contributed by atoms with van der Waals surface area (Å²) in [5, 5.41) is 3.70. The predicted octanol–water partition coefficient (Wildman–Crippen LogP) is 3.66. The lowest BCUT2D eigenvalue weighted by molar-refractivity contribution is 0.507. The first kappa shape index (κ1) is 14.3. The van der Waals surface area contributed by atoms with Crippen molar-refractivity contribution in [1.82, 2.24) is 5.32 Å². The first-order valence-electron chi connectivity index (χ1n) is 8.07. The molecule has 110 valence electrons. The molecule has 0 radical (unpaired) electrons. The van der Waals surface area contributed by atoms with Gasteiger partial charge >= 0.3 is 0 Å². The molecule has 0 aromatic heterocycles. The summed E-state index contributed by atoms with van der Waals surface area (Å²) in [6, 6.07) is 9.92. The van der Waals surface area contributed by atoms with Gasteiger partial charge in [0.1, 0.15) is 0 Å². The molecule has 0 aliphatic carbocycles. The number of anilines is 1. The highest BCUT2D eigenvalue weighted by Crippen LogP contribution is 2.21. The summed E-state index contributed by atoms with van der Waals surface area (Å²) in [5.74, 6) is 2.63. The van der Waals surface area contributed by atoms with Gasteiger partial charge in [-0.2, -0.15) is 11.8 Å². The van der Waals surface area contributed by atoms with E-state index in [-0.39, 0.29) is 0 Å². The third kappa shape index (κ3) is 3.92. The molecule has 0 spiro atoms. The number of thioether (sulfide) groups is 1. The van der Waals surface area contributed by atoms with Crippen molar-refractivity contribution in [2.45, 2.75) is 44.7 Å². The van der Waals surface area contributed by atoms with Crippen molar-refractivity contribution < 1.29 is 0 Å². The Labute approximate surface area is 127 Å². The quantitative estimate of drug-likeness (QED) is 0.911. The molecule has 2 aliphatic heterocycles. The van der Waals surface area contributed by atoms with Crippen LogP contribution in [0.25, 0.3) is 0 Å². The van der Waals surface area contributed by atoms with Crippen molar-refractivity contribution in [2.24, 2.45) is 0 Å². The van der Waals surface area contributed by atoms with Crippen LogP contribution in [0.4, 0.5) is 5.69 Å². The molecular formula is C17H26N2S. The van der Waals surface area contributed by atoms with E-state index in [1.54, 1.807) is 0 Å².